The van der Waals surface area contributed by atoms with Gasteiger partial charge in [0.2, 0.25) is 0 Å². The molecule has 1 aromatic heterocycles. The zero-order valence-electron chi connectivity index (χ0n) is 14.0. The highest BCUT2D eigenvalue weighted by molar-refractivity contribution is 6.44. The van der Waals surface area contributed by atoms with Crippen molar-refractivity contribution in [1.29, 1.82) is 0 Å². The van der Waals surface area contributed by atoms with Crippen LogP contribution in [-0.4, -0.2) is 22.9 Å². The van der Waals surface area contributed by atoms with Gasteiger partial charge in [-0.15, -0.1) is 0 Å². The van der Waals surface area contributed by atoms with Crippen LogP contribution in [0.1, 0.15) is 16.1 Å². The second-order valence-electron chi connectivity index (χ2n) is 5.66. The monoisotopic (exact) mass is 386 g/mol. The highest BCUT2D eigenvalue weighted by Crippen LogP contribution is 2.29. The molecule has 3 aromatic rings. The first-order valence-electron chi connectivity index (χ1n) is 7.87. The fourth-order valence-electron chi connectivity index (χ4n) is 2.36. The SMILES string of the molecule is CN(Cc1ccccc1)c1cnc(C(=O)Nc2cccc(Cl)c2Cl)cn1. The molecule has 0 aliphatic heterocycles. The minimum absolute atomic E-state index is 0.193. The highest BCUT2D eigenvalue weighted by atomic mass is 35.5. The van der Waals surface area contributed by atoms with Crippen LogP contribution in [0.4, 0.5) is 11.5 Å². The number of hydrogen-bond acceptors (Lipinski definition) is 4. The lowest BCUT2D eigenvalue weighted by Crippen LogP contribution is -2.19. The lowest BCUT2D eigenvalue weighted by molar-refractivity contribution is 0.102. The molecule has 7 heteroatoms. The summed E-state index contributed by atoms with van der Waals surface area (Å²) >= 11 is 12.0. The average molecular weight is 387 g/mol. The van der Waals surface area contributed by atoms with Crippen molar-refractivity contribution in [2.45, 2.75) is 6.54 Å². The van der Waals surface area contributed by atoms with Gasteiger partial charge in [0.1, 0.15) is 11.5 Å². The minimum Gasteiger partial charge on any atom is -0.354 e. The Morgan fingerprint density at radius 3 is 2.50 bits per heavy atom. The Kier molecular flexibility index (Phi) is 5.71. The number of hydrogen-bond donors (Lipinski definition) is 1. The number of benzene rings is 2. The van der Waals surface area contributed by atoms with E-state index < -0.39 is 5.91 Å². The van der Waals surface area contributed by atoms with Crippen molar-refractivity contribution in [3.05, 3.63) is 82.2 Å². The van der Waals surface area contributed by atoms with Crippen LogP contribution in [0.3, 0.4) is 0 Å². The lowest BCUT2D eigenvalue weighted by Gasteiger charge is -2.17. The molecule has 0 saturated heterocycles. The van der Waals surface area contributed by atoms with Gasteiger partial charge < -0.3 is 10.2 Å². The van der Waals surface area contributed by atoms with E-state index in [1.165, 1.54) is 6.20 Å². The molecule has 0 saturated carbocycles. The molecule has 5 nitrogen and oxygen atoms in total. The topological polar surface area (TPSA) is 58.1 Å². The Balaban J connectivity index is 1.68. The first-order valence-corrected chi connectivity index (χ1v) is 8.62. The number of halogens is 2. The molecule has 0 unspecified atom stereocenters. The second-order valence-corrected chi connectivity index (χ2v) is 6.44. The third kappa shape index (κ3) is 4.31. The second kappa shape index (κ2) is 8.17. The number of carbonyl (C=O) groups is 1. The van der Waals surface area contributed by atoms with E-state index in [4.69, 9.17) is 23.2 Å². The number of anilines is 2. The third-order valence-corrected chi connectivity index (χ3v) is 4.54. The first kappa shape index (κ1) is 18.2. The number of amides is 1. The molecule has 3 rings (SSSR count). The van der Waals surface area contributed by atoms with Crippen molar-refractivity contribution < 1.29 is 4.79 Å². The zero-order valence-corrected chi connectivity index (χ0v) is 15.5. The summed E-state index contributed by atoms with van der Waals surface area (Å²) in [5, 5.41) is 3.34. The molecule has 1 amide bonds. The molecule has 0 bridgehead atoms. The summed E-state index contributed by atoms with van der Waals surface area (Å²) in [4.78, 5) is 22.8. The van der Waals surface area contributed by atoms with E-state index in [1.54, 1.807) is 24.4 Å². The fraction of sp³-hybridized carbons (Fsp3) is 0.105. The summed E-state index contributed by atoms with van der Waals surface area (Å²) in [6.45, 7) is 0.694. The first-order chi connectivity index (χ1) is 12.5. The van der Waals surface area contributed by atoms with E-state index in [0.717, 1.165) is 5.56 Å². The van der Waals surface area contributed by atoms with Crippen molar-refractivity contribution in [2.24, 2.45) is 0 Å². The standard InChI is InChI=1S/C19H16Cl2N4O/c1-25(12-13-6-3-2-4-7-13)17-11-22-16(10-23-17)19(26)24-15-9-5-8-14(20)18(15)21/h2-11H,12H2,1H3,(H,24,26). The molecule has 2 aromatic carbocycles. The Morgan fingerprint density at radius 2 is 1.81 bits per heavy atom. The minimum atomic E-state index is -0.404. The van der Waals surface area contributed by atoms with E-state index in [9.17, 15) is 4.79 Å². The van der Waals surface area contributed by atoms with Gasteiger partial charge in [0, 0.05) is 13.6 Å². The summed E-state index contributed by atoms with van der Waals surface area (Å²) in [5.74, 6) is 0.269. The zero-order chi connectivity index (χ0) is 18.5. The summed E-state index contributed by atoms with van der Waals surface area (Å²) in [6.07, 6.45) is 3.00. The Bertz CT molecular complexity index is 901. The maximum absolute atomic E-state index is 12.3. The van der Waals surface area contributed by atoms with Gasteiger partial charge in [0.25, 0.3) is 5.91 Å². The van der Waals surface area contributed by atoms with Crippen LogP contribution in [0.15, 0.2) is 60.9 Å². The lowest BCUT2D eigenvalue weighted by atomic mass is 10.2. The number of carbonyl (C=O) groups excluding carboxylic acids is 1. The molecule has 1 N–H and O–H groups in total. The van der Waals surface area contributed by atoms with E-state index in [1.807, 2.05) is 42.3 Å². The fourth-order valence-corrected chi connectivity index (χ4v) is 2.71. The molecule has 132 valence electrons. The van der Waals surface area contributed by atoms with Gasteiger partial charge in [-0.1, -0.05) is 59.6 Å². The predicted molar refractivity (Wildman–Crippen MR) is 105 cm³/mol. The summed E-state index contributed by atoms with van der Waals surface area (Å²) in [7, 11) is 1.92. The van der Waals surface area contributed by atoms with Gasteiger partial charge >= 0.3 is 0 Å². The van der Waals surface area contributed by atoms with E-state index >= 15 is 0 Å². The van der Waals surface area contributed by atoms with Crippen LogP contribution in [-0.2, 0) is 6.54 Å². The molecule has 1 heterocycles. The van der Waals surface area contributed by atoms with Gasteiger partial charge in [-0.25, -0.2) is 9.97 Å². The summed E-state index contributed by atoms with van der Waals surface area (Å²) < 4.78 is 0. The van der Waals surface area contributed by atoms with Gasteiger partial charge in [-0.05, 0) is 17.7 Å². The quantitative estimate of drug-likeness (QED) is 0.691. The predicted octanol–water partition coefficient (Wildman–Crippen LogP) is 4.67. The number of nitrogens with one attached hydrogen (secondary N) is 1. The molecular weight excluding hydrogens is 371 g/mol. The van der Waals surface area contributed by atoms with Gasteiger partial charge in [0.05, 0.1) is 28.1 Å². The maximum atomic E-state index is 12.3. The van der Waals surface area contributed by atoms with Crippen molar-refractivity contribution in [1.82, 2.24) is 9.97 Å². The largest absolute Gasteiger partial charge is 0.354 e. The van der Waals surface area contributed by atoms with Crippen molar-refractivity contribution in [2.75, 3.05) is 17.3 Å². The Morgan fingerprint density at radius 1 is 1.04 bits per heavy atom. The smallest absolute Gasteiger partial charge is 0.275 e. The Hall–Kier alpha value is -2.63. The molecule has 0 radical (unpaired) electrons. The van der Waals surface area contributed by atoms with E-state index in [-0.39, 0.29) is 10.7 Å². The average Bonchev–Trinajstić information content (AvgIpc) is 2.66. The summed E-state index contributed by atoms with van der Waals surface area (Å²) in [5.41, 5.74) is 1.78. The van der Waals surface area contributed by atoms with Crippen molar-refractivity contribution in [3.63, 3.8) is 0 Å². The van der Waals surface area contributed by atoms with Gasteiger partial charge in [-0.3, -0.25) is 4.79 Å². The molecule has 0 spiro atoms. The van der Waals surface area contributed by atoms with Gasteiger partial charge in [0.15, 0.2) is 0 Å². The normalized spacial score (nSPS) is 10.4. The molecule has 0 aliphatic carbocycles. The van der Waals surface area contributed by atoms with Crippen molar-refractivity contribution >= 4 is 40.6 Å². The van der Waals surface area contributed by atoms with Crippen LogP contribution < -0.4 is 10.2 Å². The maximum Gasteiger partial charge on any atom is 0.275 e. The molecule has 26 heavy (non-hydrogen) atoms. The third-order valence-electron chi connectivity index (χ3n) is 3.72. The number of rotatable bonds is 5. The van der Waals surface area contributed by atoms with Crippen LogP contribution >= 0.6 is 23.2 Å². The molecule has 0 atom stereocenters. The highest BCUT2D eigenvalue weighted by Gasteiger charge is 2.13. The number of nitrogens with zero attached hydrogens (tertiary/aromatic N) is 3. The molecule has 0 aliphatic rings. The molecule has 0 fully saturated rings. The van der Waals surface area contributed by atoms with Crippen LogP contribution in [0.5, 0.6) is 0 Å². The van der Waals surface area contributed by atoms with Gasteiger partial charge in [-0.2, -0.15) is 0 Å². The number of aromatic nitrogens is 2. The van der Waals surface area contributed by atoms with Crippen LogP contribution in [0.2, 0.25) is 10.0 Å². The van der Waals surface area contributed by atoms with Crippen molar-refractivity contribution in [3.8, 4) is 0 Å². The van der Waals surface area contributed by atoms with Crippen LogP contribution in [0.25, 0.3) is 0 Å². The molecular formula is C19H16Cl2N4O. The summed E-state index contributed by atoms with van der Waals surface area (Å²) in [6, 6.07) is 15.1. The van der Waals surface area contributed by atoms with Crippen LogP contribution in [0, 0.1) is 0 Å². The van der Waals surface area contributed by atoms with E-state index in [0.29, 0.717) is 23.1 Å². The Labute approximate surface area is 161 Å². The van der Waals surface area contributed by atoms with E-state index in [2.05, 4.69) is 15.3 Å².